The van der Waals surface area contributed by atoms with Gasteiger partial charge in [0, 0.05) is 42.5 Å². The van der Waals surface area contributed by atoms with Crippen LogP contribution in [0.1, 0.15) is 47.8 Å². The molecular formula is C23H26FN3. The fourth-order valence-corrected chi connectivity index (χ4v) is 5.00. The largest absolute Gasteiger partial charge is 0.343 e. The van der Waals surface area contributed by atoms with Crippen LogP contribution in [-0.4, -0.2) is 27.5 Å². The monoisotopic (exact) mass is 363 g/mol. The number of rotatable bonds is 3. The number of benzene rings is 1. The van der Waals surface area contributed by atoms with Gasteiger partial charge >= 0.3 is 0 Å². The summed E-state index contributed by atoms with van der Waals surface area (Å²) in [5.74, 6) is -0.167. The first-order chi connectivity index (χ1) is 13.2. The number of aryl methyl sites for hydroxylation is 3. The minimum Gasteiger partial charge on any atom is -0.343 e. The summed E-state index contributed by atoms with van der Waals surface area (Å²) in [4.78, 5) is 7.64. The van der Waals surface area contributed by atoms with E-state index in [-0.39, 0.29) is 5.82 Å². The SMILES string of the molecule is Cc1ccc2c(n1)c1c(n2CCc2ccc(F)cc2)CCN2CCCCC12. The van der Waals surface area contributed by atoms with Gasteiger partial charge in [-0.2, -0.15) is 0 Å². The maximum atomic E-state index is 13.2. The molecule has 1 atom stereocenters. The van der Waals surface area contributed by atoms with Crippen LogP contribution in [-0.2, 0) is 19.4 Å². The maximum Gasteiger partial charge on any atom is 0.123 e. The number of hydrogen-bond acceptors (Lipinski definition) is 2. The number of fused-ring (bicyclic) bond motifs is 5. The van der Waals surface area contributed by atoms with E-state index in [0.29, 0.717) is 6.04 Å². The highest BCUT2D eigenvalue weighted by Crippen LogP contribution is 2.41. The second kappa shape index (κ2) is 6.75. The van der Waals surface area contributed by atoms with Crippen LogP contribution in [0.25, 0.3) is 11.0 Å². The van der Waals surface area contributed by atoms with Gasteiger partial charge in [-0.25, -0.2) is 4.39 Å². The average molecular weight is 363 g/mol. The molecule has 2 aliphatic heterocycles. The van der Waals surface area contributed by atoms with Crippen LogP contribution in [0.3, 0.4) is 0 Å². The van der Waals surface area contributed by atoms with E-state index in [1.807, 2.05) is 12.1 Å². The molecule has 1 saturated heterocycles. The molecule has 4 heteroatoms. The molecule has 0 saturated carbocycles. The highest BCUT2D eigenvalue weighted by atomic mass is 19.1. The Balaban J connectivity index is 1.57. The summed E-state index contributed by atoms with van der Waals surface area (Å²) < 4.78 is 15.7. The molecule has 0 bridgehead atoms. The Labute approximate surface area is 159 Å². The fraction of sp³-hybridized carbons (Fsp3) is 0.435. The molecule has 0 aliphatic carbocycles. The number of aromatic nitrogens is 2. The molecule has 0 radical (unpaired) electrons. The third kappa shape index (κ3) is 2.96. The molecule has 0 amide bonds. The van der Waals surface area contributed by atoms with Crippen molar-refractivity contribution in [1.29, 1.82) is 0 Å². The van der Waals surface area contributed by atoms with Gasteiger partial charge in [-0.3, -0.25) is 9.88 Å². The third-order valence-electron chi connectivity index (χ3n) is 6.32. The predicted molar refractivity (Wildman–Crippen MR) is 106 cm³/mol. The van der Waals surface area contributed by atoms with Crippen molar-refractivity contribution in [3.63, 3.8) is 0 Å². The molecule has 27 heavy (non-hydrogen) atoms. The molecule has 1 fully saturated rings. The Morgan fingerprint density at radius 2 is 1.93 bits per heavy atom. The lowest BCUT2D eigenvalue weighted by Gasteiger charge is -2.39. The summed E-state index contributed by atoms with van der Waals surface area (Å²) in [5, 5.41) is 0. The minimum atomic E-state index is -0.167. The van der Waals surface area contributed by atoms with Crippen molar-refractivity contribution >= 4 is 11.0 Å². The summed E-state index contributed by atoms with van der Waals surface area (Å²) in [7, 11) is 0. The Hall–Kier alpha value is -2.20. The molecule has 2 aromatic heterocycles. The zero-order chi connectivity index (χ0) is 18.4. The predicted octanol–water partition coefficient (Wildman–Crippen LogP) is 4.81. The summed E-state index contributed by atoms with van der Waals surface area (Å²) in [6.45, 7) is 5.39. The lowest BCUT2D eigenvalue weighted by atomic mass is 9.90. The van der Waals surface area contributed by atoms with Crippen LogP contribution in [0.5, 0.6) is 0 Å². The van der Waals surface area contributed by atoms with E-state index in [4.69, 9.17) is 4.98 Å². The minimum absolute atomic E-state index is 0.167. The topological polar surface area (TPSA) is 21.1 Å². The average Bonchev–Trinajstić information content (AvgIpc) is 3.01. The standard InChI is InChI=1S/C23H26FN3/c1-16-5-10-21-23(25-16)22-19-4-2-3-13-26(19)14-12-20(22)27(21)15-11-17-6-8-18(24)9-7-17/h5-10,19H,2-4,11-15H2,1H3. The van der Waals surface area contributed by atoms with Gasteiger partial charge in [0.15, 0.2) is 0 Å². The van der Waals surface area contributed by atoms with Crippen LogP contribution in [0, 0.1) is 12.7 Å². The third-order valence-corrected chi connectivity index (χ3v) is 6.32. The van der Waals surface area contributed by atoms with Crippen molar-refractivity contribution in [2.75, 3.05) is 13.1 Å². The summed E-state index contributed by atoms with van der Waals surface area (Å²) in [6, 6.07) is 11.8. The van der Waals surface area contributed by atoms with Gasteiger partial charge in [0.25, 0.3) is 0 Å². The Morgan fingerprint density at radius 1 is 1.07 bits per heavy atom. The zero-order valence-electron chi connectivity index (χ0n) is 15.9. The van der Waals surface area contributed by atoms with Crippen molar-refractivity contribution < 1.29 is 4.39 Å². The fourth-order valence-electron chi connectivity index (χ4n) is 5.00. The molecule has 4 heterocycles. The Kier molecular flexibility index (Phi) is 4.24. The highest BCUT2D eigenvalue weighted by molar-refractivity contribution is 5.82. The molecular weight excluding hydrogens is 337 g/mol. The van der Waals surface area contributed by atoms with Crippen molar-refractivity contribution in [3.8, 4) is 0 Å². The first-order valence-corrected chi connectivity index (χ1v) is 10.2. The summed E-state index contributed by atoms with van der Waals surface area (Å²) in [6.07, 6.45) is 5.90. The van der Waals surface area contributed by atoms with Gasteiger partial charge in [0.1, 0.15) is 5.82 Å². The zero-order valence-corrected chi connectivity index (χ0v) is 15.9. The molecule has 0 spiro atoms. The number of nitrogens with zero attached hydrogens (tertiary/aromatic N) is 3. The van der Waals surface area contributed by atoms with Gasteiger partial charge in [-0.15, -0.1) is 0 Å². The second-order valence-corrected chi connectivity index (χ2v) is 8.01. The summed E-state index contributed by atoms with van der Waals surface area (Å²) in [5.41, 5.74) is 7.71. The van der Waals surface area contributed by atoms with Crippen molar-refractivity contribution in [2.45, 2.75) is 51.6 Å². The van der Waals surface area contributed by atoms with Crippen LogP contribution in [0.4, 0.5) is 4.39 Å². The first kappa shape index (κ1) is 16.9. The van der Waals surface area contributed by atoms with E-state index >= 15 is 0 Å². The van der Waals surface area contributed by atoms with E-state index in [1.54, 1.807) is 12.1 Å². The molecule has 0 N–H and O–H groups in total. The van der Waals surface area contributed by atoms with Gasteiger partial charge in [-0.05, 0) is 62.6 Å². The van der Waals surface area contributed by atoms with Crippen LogP contribution in [0.15, 0.2) is 36.4 Å². The lowest BCUT2D eigenvalue weighted by Crippen LogP contribution is -2.39. The number of piperidine rings is 1. The number of halogens is 1. The highest BCUT2D eigenvalue weighted by Gasteiger charge is 2.34. The molecule has 1 unspecified atom stereocenters. The Bertz CT molecular complexity index is 973. The van der Waals surface area contributed by atoms with Crippen LogP contribution < -0.4 is 0 Å². The van der Waals surface area contributed by atoms with Crippen molar-refractivity contribution in [1.82, 2.24) is 14.5 Å². The van der Waals surface area contributed by atoms with Gasteiger partial charge in [0.2, 0.25) is 0 Å². The van der Waals surface area contributed by atoms with Crippen molar-refractivity contribution in [2.24, 2.45) is 0 Å². The molecule has 2 aliphatic rings. The van der Waals surface area contributed by atoms with E-state index < -0.39 is 0 Å². The van der Waals surface area contributed by atoms with Crippen molar-refractivity contribution in [3.05, 3.63) is 64.7 Å². The lowest BCUT2D eigenvalue weighted by molar-refractivity contribution is 0.138. The number of pyridine rings is 1. The van der Waals surface area contributed by atoms with E-state index in [9.17, 15) is 4.39 Å². The van der Waals surface area contributed by atoms with E-state index in [2.05, 4.69) is 28.5 Å². The molecule has 1 aromatic carbocycles. The van der Waals surface area contributed by atoms with E-state index in [0.717, 1.165) is 31.6 Å². The van der Waals surface area contributed by atoms with Crippen LogP contribution >= 0.6 is 0 Å². The van der Waals surface area contributed by atoms with E-state index in [1.165, 1.54) is 53.7 Å². The smallest absolute Gasteiger partial charge is 0.123 e. The van der Waals surface area contributed by atoms with Crippen LogP contribution in [0.2, 0.25) is 0 Å². The van der Waals surface area contributed by atoms with Gasteiger partial charge in [0.05, 0.1) is 11.0 Å². The molecule has 5 rings (SSSR count). The molecule has 3 nitrogen and oxygen atoms in total. The normalized spacial score (nSPS) is 19.9. The Morgan fingerprint density at radius 3 is 2.78 bits per heavy atom. The molecule has 3 aromatic rings. The maximum absolute atomic E-state index is 13.2. The molecule has 140 valence electrons. The number of hydrogen-bond donors (Lipinski definition) is 0. The quantitative estimate of drug-likeness (QED) is 0.666. The van der Waals surface area contributed by atoms with Gasteiger partial charge in [-0.1, -0.05) is 18.6 Å². The second-order valence-electron chi connectivity index (χ2n) is 8.01. The van der Waals surface area contributed by atoms with Gasteiger partial charge < -0.3 is 4.57 Å². The first-order valence-electron chi connectivity index (χ1n) is 10.2. The summed E-state index contributed by atoms with van der Waals surface area (Å²) >= 11 is 0.